The number of piperidine rings is 1. The Balaban J connectivity index is 1.37. The molecule has 2 N–H and O–H groups in total. The molecule has 0 bridgehead atoms. The van der Waals surface area contributed by atoms with Crippen LogP contribution in [0, 0.1) is 11.7 Å². The molecule has 1 amide bonds. The van der Waals surface area contributed by atoms with Crippen molar-refractivity contribution in [3.8, 4) is 5.75 Å². The summed E-state index contributed by atoms with van der Waals surface area (Å²) in [6.45, 7) is 6.42. The molecule has 0 radical (unpaired) electrons. The zero-order chi connectivity index (χ0) is 20.1. The molecule has 152 valence electrons. The number of halogens is 1. The van der Waals surface area contributed by atoms with Crippen LogP contribution in [0.1, 0.15) is 61.7 Å². The monoisotopic (exact) mass is 390 g/mol. The van der Waals surface area contributed by atoms with Crippen molar-refractivity contribution in [1.82, 2.24) is 10.1 Å². The predicted molar refractivity (Wildman–Crippen MR) is 103 cm³/mol. The average Bonchev–Trinajstić information content (AvgIpc) is 3.16. The molecule has 0 unspecified atom stereocenters. The van der Waals surface area contributed by atoms with Gasteiger partial charge in [0.25, 0.3) is 11.9 Å². The number of primary amides is 1. The largest absolute Gasteiger partial charge is 0.493 e. The van der Waals surface area contributed by atoms with Crippen LogP contribution in [0.25, 0.3) is 0 Å². The molecule has 0 saturated carbocycles. The van der Waals surface area contributed by atoms with Gasteiger partial charge < -0.3 is 19.9 Å². The Morgan fingerprint density at radius 1 is 1.39 bits per heavy atom. The van der Waals surface area contributed by atoms with Gasteiger partial charge in [0.1, 0.15) is 11.6 Å². The van der Waals surface area contributed by atoms with E-state index in [1.165, 1.54) is 12.1 Å². The SMILES string of the molecule is CC(C)c1nc(N2CCC(CCCOc3ccc(C(N)=O)c(F)c3)CC2)no1. The van der Waals surface area contributed by atoms with Gasteiger partial charge in [0.15, 0.2) is 0 Å². The Labute approximate surface area is 164 Å². The van der Waals surface area contributed by atoms with Gasteiger partial charge in [0, 0.05) is 25.1 Å². The smallest absolute Gasteiger partial charge is 0.266 e. The van der Waals surface area contributed by atoms with Crippen LogP contribution in [-0.2, 0) is 0 Å². The number of anilines is 1. The first kappa shape index (κ1) is 20.1. The van der Waals surface area contributed by atoms with Crippen LogP contribution in [0.15, 0.2) is 22.7 Å². The van der Waals surface area contributed by atoms with Crippen LogP contribution in [-0.4, -0.2) is 35.7 Å². The number of benzene rings is 1. The third-order valence-corrected chi connectivity index (χ3v) is 5.05. The molecular weight excluding hydrogens is 363 g/mol. The van der Waals surface area contributed by atoms with Crippen molar-refractivity contribution in [2.75, 3.05) is 24.6 Å². The molecule has 2 heterocycles. The number of amides is 1. The number of carbonyl (C=O) groups is 1. The lowest BCUT2D eigenvalue weighted by Gasteiger charge is -2.30. The van der Waals surface area contributed by atoms with Crippen LogP contribution in [0.2, 0.25) is 0 Å². The number of nitrogens with zero attached hydrogens (tertiary/aromatic N) is 3. The summed E-state index contributed by atoms with van der Waals surface area (Å²) in [6, 6.07) is 4.12. The highest BCUT2D eigenvalue weighted by Crippen LogP contribution is 2.26. The number of carbonyl (C=O) groups excluding carboxylic acids is 1. The Kier molecular flexibility index (Phi) is 6.49. The van der Waals surface area contributed by atoms with Crippen molar-refractivity contribution in [1.29, 1.82) is 0 Å². The minimum atomic E-state index is -0.781. The van der Waals surface area contributed by atoms with Gasteiger partial charge >= 0.3 is 0 Å². The van der Waals surface area contributed by atoms with Crippen LogP contribution >= 0.6 is 0 Å². The molecule has 8 heteroatoms. The first-order valence-electron chi connectivity index (χ1n) is 9.74. The number of hydrogen-bond acceptors (Lipinski definition) is 6. The van der Waals surface area contributed by atoms with Crippen molar-refractivity contribution in [3.63, 3.8) is 0 Å². The summed E-state index contributed by atoms with van der Waals surface area (Å²) in [5.41, 5.74) is 4.97. The van der Waals surface area contributed by atoms with Gasteiger partial charge in [0.05, 0.1) is 12.2 Å². The average molecular weight is 390 g/mol. The summed E-state index contributed by atoms with van der Waals surface area (Å²) < 4.78 is 24.6. The van der Waals surface area contributed by atoms with Gasteiger partial charge in [-0.1, -0.05) is 13.8 Å². The second-order valence-electron chi connectivity index (χ2n) is 7.51. The Bertz CT molecular complexity index is 800. The highest BCUT2D eigenvalue weighted by atomic mass is 19.1. The molecule has 1 aromatic heterocycles. The summed E-state index contributed by atoms with van der Waals surface area (Å²) in [6.07, 6.45) is 4.10. The Morgan fingerprint density at radius 2 is 2.14 bits per heavy atom. The Morgan fingerprint density at radius 3 is 2.75 bits per heavy atom. The van der Waals surface area contributed by atoms with Crippen molar-refractivity contribution >= 4 is 11.9 Å². The van der Waals surface area contributed by atoms with Crippen LogP contribution in [0.4, 0.5) is 10.3 Å². The zero-order valence-corrected chi connectivity index (χ0v) is 16.4. The molecule has 0 spiro atoms. The number of aromatic nitrogens is 2. The molecule has 3 rings (SSSR count). The summed E-state index contributed by atoms with van der Waals surface area (Å²) >= 11 is 0. The van der Waals surface area contributed by atoms with Crippen LogP contribution in [0.3, 0.4) is 0 Å². The maximum absolute atomic E-state index is 13.7. The van der Waals surface area contributed by atoms with E-state index in [-0.39, 0.29) is 11.5 Å². The number of hydrogen-bond donors (Lipinski definition) is 1. The fourth-order valence-electron chi connectivity index (χ4n) is 3.36. The number of ether oxygens (including phenoxy) is 1. The third kappa shape index (κ3) is 4.99. The van der Waals surface area contributed by atoms with Crippen LogP contribution in [0.5, 0.6) is 5.75 Å². The van der Waals surface area contributed by atoms with E-state index >= 15 is 0 Å². The molecule has 0 aliphatic carbocycles. The summed E-state index contributed by atoms with van der Waals surface area (Å²) in [7, 11) is 0. The molecule has 1 aliphatic heterocycles. The minimum absolute atomic E-state index is 0.124. The Hall–Kier alpha value is -2.64. The molecule has 2 aromatic rings. The molecule has 0 atom stereocenters. The predicted octanol–water partition coefficient (Wildman–Crippen LogP) is 3.51. The summed E-state index contributed by atoms with van der Waals surface area (Å²) in [4.78, 5) is 17.7. The first-order valence-corrected chi connectivity index (χ1v) is 9.74. The minimum Gasteiger partial charge on any atom is -0.493 e. The van der Waals surface area contributed by atoms with E-state index in [9.17, 15) is 9.18 Å². The van der Waals surface area contributed by atoms with Crippen molar-refractivity contribution in [2.24, 2.45) is 11.7 Å². The van der Waals surface area contributed by atoms with E-state index < -0.39 is 11.7 Å². The topological polar surface area (TPSA) is 94.5 Å². The number of nitrogens with two attached hydrogens (primary N) is 1. The van der Waals surface area contributed by atoms with Gasteiger partial charge in [-0.25, -0.2) is 4.39 Å². The molecule has 1 aromatic carbocycles. The van der Waals surface area contributed by atoms with E-state index in [0.717, 1.165) is 38.8 Å². The summed E-state index contributed by atoms with van der Waals surface area (Å²) in [5, 5.41) is 4.08. The normalized spacial score (nSPS) is 15.2. The molecule has 1 saturated heterocycles. The quantitative estimate of drug-likeness (QED) is 0.693. The zero-order valence-electron chi connectivity index (χ0n) is 16.4. The third-order valence-electron chi connectivity index (χ3n) is 5.05. The van der Waals surface area contributed by atoms with E-state index in [2.05, 4.69) is 15.0 Å². The standard InChI is InChI=1S/C20H27FN4O3/c1-13(2)19-23-20(24-28-19)25-9-7-14(8-10-25)4-3-11-27-15-5-6-16(18(22)26)17(21)12-15/h5-6,12-14H,3-4,7-11H2,1-2H3,(H2,22,26). The lowest BCUT2D eigenvalue weighted by molar-refractivity contribution is 0.0996. The molecule has 28 heavy (non-hydrogen) atoms. The molecule has 1 aliphatic rings. The van der Waals surface area contributed by atoms with Gasteiger partial charge in [-0.3, -0.25) is 4.79 Å². The second-order valence-corrected chi connectivity index (χ2v) is 7.51. The van der Waals surface area contributed by atoms with Gasteiger partial charge in [-0.05, 0) is 48.9 Å². The van der Waals surface area contributed by atoms with Crippen molar-refractivity contribution in [3.05, 3.63) is 35.5 Å². The van der Waals surface area contributed by atoms with E-state index in [0.29, 0.717) is 30.1 Å². The second kappa shape index (κ2) is 9.03. The van der Waals surface area contributed by atoms with Gasteiger partial charge in [0.2, 0.25) is 5.89 Å². The van der Waals surface area contributed by atoms with Crippen LogP contribution < -0.4 is 15.4 Å². The van der Waals surface area contributed by atoms with Crippen molar-refractivity contribution in [2.45, 2.75) is 45.4 Å². The lowest BCUT2D eigenvalue weighted by atomic mass is 9.92. The highest BCUT2D eigenvalue weighted by molar-refractivity contribution is 5.93. The summed E-state index contributed by atoms with van der Waals surface area (Å²) in [5.74, 6) is 1.21. The maximum atomic E-state index is 13.7. The van der Waals surface area contributed by atoms with Gasteiger partial charge in [-0.15, -0.1) is 0 Å². The lowest BCUT2D eigenvalue weighted by Crippen LogP contribution is -2.34. The fraction of sp³-hybridized carbons (Fsp3) is 0.550. The molecular formula is C20H27FN4O3. The van der Waals surface area contributed by atoms with E-state index in [4.69, 9.17) is 15.0 Å². The molecule has 7 nitrogen and oxygen atoms in total. The van der Waals surface area contributed by atoms with Gasteiger partial charge in [-0.2, -0.15) is 4.98 Å². The molecule has 1 fully saturated rings. The van der Waals surface area contributed by atoms with E-state index in [1.807, 2.05) is 13.8 Å². The first-order chi connectivity index (χ1) is 13.4. The number of rotatable bonds is 8. The van der Waals surface area contributed by atoms with E-state index in [1.54, 1.807) is 6.07 Å². The highest BCUT2D eigenvalue weighted by Gasteiger charge is 2.23. The fourth-order valence-corrected chi connectivity index (χ4v) is 3.36. The maximum Gasteiger partial charge on any atom is 0.266 e. The van der Waals surface area contributed by atoms with Crippen molar-refractivity contribution < 1.29 is 18.4 Å².